The van der Waals surface area contributed by atoms with E-state index in [1.807, 2.05) is 9.80 Å². The van der Waals surface area contributed by atoms with Gasteiger partial charge in [0, 0.05) is 56.8 Å². The molecule has 3 N–H and O–H groups in total. The van der Waals surface area contributed by atoms with Gasteiger partial charge in [-0.2, -0.15) is 22.7 Å². The van der Waals surface area contributed by atoms with Crippen molar-refractivity contribution in [2.75, 3.05) is 73.3 Å². The number of amides is 2. The molecule has 2 fully saturated rings. The highest BCUT2D eigenvalue weighted by molar-refractivity contribution is 5.97. The molecule has 2 saturated heterocycles. The molecule has 4 aromatic rings. The molecular formula is C29H31F3N10O4. The molecular weight excluding hydrogens is 609 g/mol. The minimum Gasteiger partial charge on any atom is -0.397 e. The largest absolute Gasteiger partial charge is 0.416 e. The number of piperazine rings is 1. The number of carbonyl (C=O) groups is 2. The third kappa shape index (κ3) is 6.04. The molecule has 1 aromatic carbocycles. The smallest absolute Gasteiger partial charge is 0.397 e. The summed E-state index contributed by atoms with van der Waals surface area (Å²) in [6, 6.07) is 7.37. The molecule has 6 rings (SSSR count). The third-order valence-electron chi connectivity index (χ3n) is 7.98. The predicted octanol–water partition coefficient (Wildman–Crippen LogP) is 1.63. The maximum atomic E-state index is 13.9. The van der Waals surface area contributed by atoms with Crippen LogP contribution in [0, 0.1) is 6.92 Å². The number of nitrogens with one attached hydrogen (secondary N) is 1. The number of rotatable bonds is 6. The summed E-state index contributed by atoms with van der Waals surface area (Å²) >= 11 is 0. The number of hydrogen-bond acceptors (Lipinski definition) is 10. The summed E-state index contributed by atoms with van der Waals surface area (Å²) in [4.78, 5) is 54.3. The zero-order chi connectivity index (χ0) is 32.6. The highest BCUT2D eigenvalue weighted by Gasteiger charge is 2.31. The Morgan fingerprint density at radius 1 is 1.00 bits per heavy atom. The molecule has 0 spiro atoms. The summed E-state index contributed by atoms with van der Waals surface area (Å²) in [6.45, 7) is 4.54. The lowest BCUT2D eigenvalue weighted by Gasteiger charge is -2.36. The fourth-order valence-electron chi connectivity index (χ4n) is 5.55. The Labute approximate surface area is 260 Å². The average molecular weight is 641 g/mol. The molecule has 17 heteroatoms. The number of carbonyl (C=O) groups excluding carboxylic acids is 2. The van der Waals surface area contributed by atoms with Crippen LogP contribution in [0.1, 0.15) is 21.7 Å². The van der Waals surface area contributed by atoms with Crippen LogP contribution in [-0.4, -0.2) is 93.3 Å². The van der Waals surface area contributed by atoms with E-state index in [4.69, 9.17) is 10.5 Å². The van der Waals surface area contributed by atoms with Gasteiger partial charge in [0.25, 0.3) is 11.5 Å². The Hall–Kier alpha value is -5.19. The SMILES string of the molecule is Cc1c(N2CCN(C(=O)c3ncccc3N)CC2)c(=O)n2nc(N3CCOCC3)nc2n1CC(=O)Nc1ccc(C(F)(F)F)cc1. The highest BCUT2D eigenvalue weighted by atomic mass is 19.4. The van der Waals surface area contributed by atoms with E-state index < -0.39 is 23.2 Å². The number of alkyl halides is 3. The summed E-state index contributed by atoms with van der Waals surface area (Å²) in [6.07, 6.45) is -3.01. The van der Waals surface area contributed by atoms with Crippen molar-refractivity contribution in [3.8, 4) is 0 Å². The molecule has 0 aliphatic carbocycles. The number of aromatic nitrogens is 5. The maximum Gasteiger partial charge on any atom is 0.416 e. The second kappa shape index (κ2) is 12.3. The molecule has 2 aliphatic heterocycles. The van der Waals surface area contributed by atoms with Gasteiger partial charge < -0.3 is 35.1 Å². The Bertz CT molecular complexity index is 1830. The second-order valence-electron chi connectivity index (χ2n) is 10.9. The molecule has 0 saturated carbocycles. The van der Waals surface area contributed by atoms with Gasteiger partial charge in [-0.15, -0.1) is 5.10 Å². The van der Waals surface area contributed by atoms with Crippen molar-refractivity contribution in [3.63, 3.8) is 0 Å². The number of nitrogen functional groups attached to an aromatic ring is 1. The molecule has 0 atom stereocenters. The molecule has 0 unspecified atom stereocenters. The number of anilines is 4. The van der Waals surface area contributed by atoms with Crippen molar-refractivity contribution < 1.29 is 27.5 Å². The molecule has 2 amide bonds. The van der Waals surface area contributed by atoms with E-state index in [2.05, 4.69) is 20.4 Å². The van der Waals surface area contributed by atoms with Crippen molar-refractivity contribution in [2.24, 2.45) is 0 Å². The van der Waals surface area contributed by atoms with E-state index in [1.165, 1.54) is 18.3 Å². The molecule has 242 valence electrons. The molecule has 14 nitrogen and oxygen atoms in total. The molecule has 2 aliphatic rings. The van der Waals surface area contributed by atoms with Crippen LogP contribution >= 0.6 is 0 Å². The number of fused-ring (bicyclic) bond motifs is 1. The Kier molecular flexibility index (Phi) is 8.24. The molecule has 5 heterocycles. The number of nitrogens with two attached hydrogens (primary N) is 1. The van der Waals surface area contributed by atoms with Gasteiger partial charge >= 0.3 is 6.18 Å². The van der Waals surface area contributed by atoms with Gasteiger partial charge in [0.2, 0.25) is 17.6 Å². The fraction of sp³-hybridized carbons (Fsp3) is 0.379. The summed E-state index contributed by atoms with van der Waals surface area (Å²) in [5, 5.41) is 7.12. The Morgan fingerprint density at radius 2 is 1.70 bits per heavy atom. The van der Waals surface area contributed by atoms with E-state index in [1.54, 1.807) is 28.5 Å². The number of halogens is 3. The summed E-state index contributed by atoms with van der Waals surface area (Å²) in [7, 11) is 0. The lowest BCUT2D eigenvalue weighted by atomic mass is 10.2. The van der Waals surface area contributed by atoms with E-state index in [0.29, 0.717) is 51.0 Å². The second-order valence-corrected chi connectivity index (χ2v) is 10.9. The minimum absolute atomic E-state index is 0.134. The van der Waals surface area contributed by atoms with Crippen LogP contribution in [-0.2, 0) is 22.3 Å². The lowest BCUT2D eigenvalue weighted by molar-refractivity contribution is -0.137. The summed E-state index contributed by atoms with van der Waals surface area (Å²) in [5.74, 6) is -0.417. The topological polar surface area (TPSA) is 156 Å². The fourth-order valence-corrected chi connectivity index (χ4v) is 5.55. The predicted molar refractivity (Wildman–Crippen MR) is 162 cm³/mol. The van der Waals surface area contributed by atoms with Crippen LogP contribution in [0.2, 0.25) is 0 Å². The molecule has 0 bridgehead atoms. The Morgan fingerprint density at radius 3 is 2.35 bits per heavy atom. The molecule has 0 radical (unpaired) electrons. The summed E-state index contributed by atoms with van der Waals surface area (Å²) in [5.41, 5.74) is 6.02. The van der Waals surface area contributed by atoms with Crippen LogP contribution in [0.25, 0.3) is 5.78 Å². The van der Waals surface area contributed by atoms with Crippen molar-refractivity contribution in [3.05, 3.63) is 69.9 Å². The average Bonchev–Trinajstić information content (AvgIpc) is 3.50. The van der Waals surface area contributed by atoms with E-state index in [-0.39, 0.29) is 54.1 Å². The first-order chi connectivity index (χ1) is 22.0. The zero-order valence-electron chi connectivity index (χ0n) is 24.8. The molecule has 46 heavy (non-hydrogen) atoms. The Balaban J connectivity index is 1.30. The molecule has 3 aromatic heterocycles. The van der Waals surface area contributed by atoms with Crippen molar-refractivity contribution in [2.45, 2.75) is 19.6 Å². The van der Waals surface area contributed by atoms with Crippen LogP contribution in [0.4, 0.5) is 36.2 Å². The number of ether oxygens (including phenoxy) is 1. The minimum atomic E-state index is -4.51. The highest BCUT2D eigenvalue weighted by Crippen LogP contribution is 2.30. The van der Waals surface area contributed by atoms with Gasteiger partial charge in [0.05, 0.1) is 24.5 Å². The third-order valence-corrected chi connectivity index (χ3v) is 7.98. The first kappa shape index (κ1) is 30.8. The quantitative estimate of drug-likeness (QED) is 0.318. The van der Waals surface area contributed by atoms with E-state index >= 15 is 0 Å². The number of benzene rings is 1. The number of hydrogen-bond donors (Lipinski definition) is 2. The van der Waals surface area contributed by atoms with Gasteiger partial charge in [0.1, 0.15) is 12.2 Å². The number of pyridine rings is 1. The van der Waals surface area contributed by atoms with Gasteiger partial charge in [-0.3, -0.25) is 14.4 Å². The van der Waals surface area contributed by atoms with Gasteiger partial charge in [-0.25, -0.2) is 4.98 Å². The van der Waals surface area contributed by atoms with Crippen LogP contribution in [0.5, 0.6) is 0 Å². The monoisotopic (exact) mass is 640 g/mol. The van der Waals surface area contributed by atoms with Gasteiger partial charge in [0.15, 0.2) is 5.69 Å². The number of nitrogens with zero attached hydrogens (tertiary/aromatic N) is 8. The first-order valence-electron chi connectivity index (χ1n) is 14.6. The first-order valence-corrected chi connectivity index (χ1v) is 14.6. The summed E-state index contributed by atoms with van der Waals surface area (Å²) < 4.78 is 47.1. The van der Waals surface area contributed by atoms with Crippen molar-refractivity contribution in [1.82, 2.24) is 29.0 Å². The number of morpholine rings is 1. The maximum absolute atomic E-state index is 13.9. The van der Waals surface area contributed by atoms with Crippen LogP contribution in [0.3, 0.4) is 0 Å². The normalized spacial score (nSPS) is 15.8. The van der Waals surface area contributed by atoms with Crippen molar-refractivity contribution >= 4 is 40.6 Å². The van der Waals surface area contributed by atoms with E-state index in [0.717, 1.165) is 16.6 Å². The van der Waals surface area contributed by atoms with Crippen molar-refractivity contribution in [1.29, 1.82) is 0 Å². The van der Waals surface area contributed by atoms with Crippen LogP contribution in [0.15, 0.2) is 47.4 Å². The van der Waals surface area contributed by atoms with Gasteiger partial charge in [-0.1, -0.05) is 0 Å². The van der Waals surface area contributed by atoms with E-state index in [9.17, 15) is 27.6 Å². The lowest BCUT2D eigenvalue weighted by Crippen LogP contribution is -2.51. The zero-order valence-corrected chi connectivity index (χ0v) is 24.8. The van der Waals surface area contributed by atoms with Crippen LogP contribution < -0.4 is 26.4 Å². The standard InChI is InChI=1S/C29H31F3N10O4/c1-18-24(38-9-11-39(12-10-38)25(44)23-21(33)3-2-8-34-23)26(45)42-28(36-27(37-42)40-13-15-46-16-14-40)41(18)17-22(43)35-20-6-4-19(5-7-20)29(30,31)32/h2-8H,9-17,33H2,1H3,(H,35,43). The van der Waals surface area contributed by atoms with Gasteiger partial charge in [-0.05, 0) is 43.3 Å².